The first-order chi connectivity index (χ1) is 5.58. The summed E-state index contributed by atoms with van der Waals surface area (Å²) in [6, 6.07) is 0. The third-order valence-electron chi connectivity index (χ3n) is 0.618. The minimum atomic E-state index is -4.21. The van der Waals surface area contributed by atoms with Gasteiger partial charge < -0.3 is 9.26 Å². The Morgan fingerprint density at radius 1 is 1.42 bits per heavy atom. The van der Waals surface area contributed by atoms with Crippen LogP contribution in [0.1, 0.15) is 6.92 Å². The van der Waals surface area contributed by atoms with Crippen molar-refractivity contribution in [2.75, 3.05) is 6.61 Å². The van der Waals surface area contributed by atoms with Gasteiger partial charge in [0.05, 0.1) is 30.3 Å². The molecule has 0 aromatic carbocycles. The van der Waals surface area contributed by atoms with Gasteiger partial charge in [0, 0.05) is 0 Å². The number of carbonyl (C=O) groups excluding carboxylic acids is 1. The quantitative estimate of drug-likeness (QED) is 0.554. The molecule has 0 N–H and O–H groups in total. The molecule has 9 heteroatoms. The van der Waals surface area contributed by atoms with Gasteiger partial charge in [-0.25, -0.2) is 9.36 Å². The van der Waals surface area contributed by atoms with Crippen molar-refractivity contribution in [3.05, 3.63) is 0 Å². The molecule has 0 aliphatic heterocycles. The second kappa shape index (κ2) is 5.61. The van der Waals surface area contributed by atoms with E-state index in [0.29, 0.717) is 0 Å². The van der Waals surface area contributed by atoms with Crippen LogP contribution in [0.25, 0.3) is 0 Å². The first-order valence-corrected chi connectivity index (χ1v) is 4.72. The van der Waals surface area contributed by atoms with Crippen LogP contribution in [-0.4, -0.2) is 12.8 Å². The summed E-state index contributed by atoms with van der Waals surface area (Å²) in [4.78, 5) is 10.5. The highest BCUT2D eigenvalue weighted by Crippen LogP contribution is 2.52. The number of carbonyl (C=O) groups is 1. The topological polar surface area (TPSA) is 71.1 Å². The molecule has 0 atom stereocenters. The van der Waals surface area contributed by atoms with Crippen molar-refractivity contribution in [2.45, 2.75) is 6.92 Å². The molecule has 6 nitrogen and oxygen atoms in total. The van der Waals surface area contributed by atoms with Crippen LogP contribution < -0.4 is 0 Å². The number of halogens is 2. The standard InChI is InChI=1S/C3H5Cl2O6P/c1-2-8-3(6)9-12(7,10-4)11-5/h2H2,1H3. The van der Waals surface area contributed by atoms with Crippen molar-refractivity contribution in [1.82, 2.24) is 0 Å². The molecule has 0 bridgehead atoms. The normalized spacial score (nSPS) is 10.9. The van der Waals surface area contributed by atoms with Gasteiger partial charge in [-0.2, -0.15) is 8.15 Å². The summed E-state index contributed by atoms with van der Waals surface area (Å²) in [6.45, 7) is 1.57. The average molecular weight is 239 g/mol. The Balaban J connectivity index is 4.03. The van der Waals surface area contributed by atoms with Gasteiger partial charge in [0.25, 0.3) is 0 Å². The maximum absolute atomic E-state index is 10.8. The van der Waals surface area contributed by atoms with Crippen LogP contribution in [0.15, 0.2) is 0 Å². The van der Waals surface area contributed by atoms with E-state index in [1.54, 1.807) is 0 Å². The Labute approximate surface area is 78.6 Å². The Hall–Kier alpha value is -0.0000000000000000555. The number of hydrogen-bond acceptors (Lipinski definition) is 6. The molecule has 0 radical (unpaired) electrons. The van der Waals surface area contributed by atoms with E-state index in [0.717, 1.165) is 0 Å². The van der Waals surface area contributed by atoms with Gasteiger partial charge in [-0.05, 0) is 6.92 Å². The summed E-state index contributed by atoms with van der Waals surface area (Å²) in [7, 11) is -4.21. The average Bonchev–Trinajstić information content (AvgIpc) is 2.05. The summed E-state index contributed by atoms with van der Waals surface area (Å²) in [5, 5.41) is 0. The van der Waals surface area contributed by atoms with Crippen LogP contribution in [0.3, 0.4) is 0 Å². The molecule has 12 heavy (non-hydrogen) atoms. The van der Waals surface area contributed by atoms with Crippen LogP contribution in [0, 0.1) is 0 Å². The first kappa shape index (κ1) is 12.0. The van der Waals surface area contributed by atoms with Crippen molar-refractivity contribution in [2.24, 2.45) is 0 Å². The SMILES string of the molecule is CCOC(=O)OP(=O)(OCl)OCl. The lowest BCUT2D eigenvalue weighted by molar-refractivity contribution is 0.0941. The molecule has 0 unspecified atom stereocenters. The summed E-state index contributed by atoms with van der Waals surface area (Å²) < 4.78 is 26.3. The van der Waals surface area contributed by atoms with Crippen molar-refractivity contribution < 1.29 is 26.8 Å². The molecule has 0 amide bonds. The van der Waals surface area contributed by atoms with Gasteiger partial charge in [0.2, 0.25) is 0 Å². The molecule has 0 heterocycles. The Kier molecular flexibility index (Phi) is 5.61. The van der Waals surface area contributed by atoms with E-state index >= 15 is 0 Å². The molecular formula is C3H5Cl2O6P. The van der Waals surface area contributed by atoms with Gasteiger partial charge >= 0.3 is 14.0 Å². The number of ether oxygens (including phenoxy) is 1. The van der Waals surface area contributed by atoms with Gasteiger partial charge in [-0.1, -0.05) is 0 Å². The predicted octanol–water partition coefficient (Wildman–Crippen LogP) is 2.61. The highest BCUT2D eigenvalue weighted by Gasteiger charge is 2.32. The van der Waals surface area contributed by atoms with Crippen molar-refractivity contribution in [3.8, 4) is 0 Å². The maximum Gasteiger partial charge on any atom is 0.568 e. The molecule has 0 saturated heterocycles. The fourth-order valence-corrected chi connectivity index (χ4v) is 1.01. The number of rotatable bonds is 4. The summed E-state index contributed by atoms with van der Waals surface area (Å²) in [5.41, 5.74) is 0. The van der Waals surface area contributed by atoms with Crippen LogP contribution in [-0.2, 0) is 22.0 Å². The lowest BCUT2D eigenvalue weighted by Gasteiger charge is -2.07. The van der Waals surface area contributed by atoms with Crippen LogP contribution in [0.2, 0.25) is 0 Å². The Bertz CT molecular complexity index is 187. The van der Waals surface area contributed by atoms with E-state index in [2.05, 4.69) is 41.1 Å². The lowest BCUT2D eigenvalue weighted by atomic mass is 10.9. The fourth-order valence-electron chi connectivity index (χ4n) is 0.274. The molecule has 0 rings (SSSR count). The zero-order valence-corrected chi connectivity index (χ0v) is 8.27. The van der Waals surface area contributed by atoms with E-state index in [-0.39, 0.29) is 6.61 Å². The molecule has 0 fully saturated rings. The van der Waals surface area contributed by atoms with Crippen molar-refractivity contribution >= 4 is 37.7 Å². The lowest BCUT2D eigenvalue weighted by Crippen LogP contribution is -2.05. The van der Waals surface area contributed by atoms with Crippen molar-refractivity contribution in [1.29, 1.82) is 0 Å². The van der Waals surface area contributed by atoms with Gasteiger partial charge in [0.15, 0.2) is 0 Å². The summed E-state index contributed by atoms with van der Waals surface area (Å²) >= 11 is 9.30. The molecule has 0 spiro atoms. The smallest absolute Gasteiger partial charge is 0.434 e. The molecule has 0 aliphatic carbocycles. The first-order valence-electron chi connectivity index (χ1n) is 2.65. The fraction of sp³-hybridized carbons (Fsp3) is 0.667. The largest absolute Gasteiger partial charge is 0.568 e. The van der Waals surface area contributed by atoms with Gasteiger partial charge in [-0.3, -0.25) is 0 Å². The van der Waals surface area contributed by atoms with Gasteiger partial charge in [0.1, 0.15) is 0 Å². The second-order valence-electron chi connectivity index (χ2n) is 1.36. The van der Waals surface area contributed by atoms with Crippen LogP contribution in [0.4, 0.5) is 4.79 Å². The predicted molar refractivity (Wildman–Crippen MR) is 39.6 cm³/mol. The number of hydrogen-bond donors (Lipinski definition) is 0. The summed E-state index contributed by atoms with van der Waals surface area (Å²) in [5.74, 6) is 0. The van der Waals surface area contributed by atoms with E-state index < -0.39 is 14.0 Å². The number of phosphoric acid groups is 1. The maximum atomic E-state index is 10.8. The zero-order valence-electron chi connectivity index (χ0n) is 5.86. The minimum Gasteiger partial charge on any atom is -0.434 e. The van der Waals surface area contributed by atoms with Crippen LogP contribution in [0.5, 0.6) is 0 Å². The van der Waals surface area contributed by atoms with Crippen molar-refractivity contribution in [3.63, 3.8) is 0 Å². The minimum absolute atomic E-state index is 0.0450. The highest BCUT2D eigenvalue weighted by molar-refractivity contribution is 7.51. The van der Waals surface area contributed by atoms with E-state index in [1.165, 1.54) is 6.92 Å². The van der Waals surface area contributed by atoms with E-state index in [4.69, 9.17) is 0 Å². The molecule has 72 valence electrons. The molecule has 0 aromatic rings. The third-order valence-corrected chi connectivity index (χ3v) is 2.34. The van der Waals surface area contributed by atoms with Crippen LogP contribution >= 0.6 is 31.6 Å². The Morgan fingerprint density at radius 3 is 2.25 bits per heavy atom. The highest BCUT2D eigenvalue weighted by atomic mass is 35.5. The molecule has 0 aliphatic rings. The Morgan fingerprint density at radius 2 is 1.92 bits per heavy atom. The zero-order chi connectivity index (χ0) is 9.61. The van der Waals surface area contributed by atoms with Gasteiger partial charge in [-0.15, -0.1) is 0 Å². The van der Waals surface area contributed by atoms with E-state index in [9.17, 15) is 9.36 Å². The summed E-state index contributed by atoms with van der Waals surface area (Å²) in [6.07, 6.45) is -1.25. The molecule has 0 aromatic heterocycles. The monoisotopic (exact) mass is 238 g/mol. The molecular weight excluding hydrogens is 234 g/mol. The second-order valence-corrected chi connectivity index (χ2v) is 3.54. The molecule has 0 saturated carbocycles. The van der Waals surface area contributed by atoms with E-state index in [1.807, 2.05) is 0 Å². The third kappa shape index (κ3) is 4.13.